The van der Waals surface area contributed by atoms with Gasteiger partial charge in [0.2, 0.25) is 0 Å². The van der Waals surface area contributed by atoms with E-state index in [-0.39, 0.29) is 17.2 Å². The predicted octanol–water partition coefficient (Wildman–Crippen LogP) is 3.00. The molecule has 114 valence electrons. The molecule has 3 unspecified atom stereocenters. The van der Waals surface area contributed by atoms with Crippen LogP contribution in [0.2, 0.25) is 0 Å². The van der Waals surface area contributed by atoms with Gasteiger partial charge in [-0.25, -0.2) is 8.42 Å². The quantitative estimate of drug-likeness (QED) is 0.783. The van der Waals surface area contributed by atoms with Crippen molar-refractivity contribution < 1.29 is 8.42 Å². The molecule has 0 aromatic carbocycles. The summed E-state index contributed by atoms with van der Waals surface area (Å²) in [6, 6.07) is 0.168. The van der Waals surface area contributed by atoms with E-state index < -0.39 is 9.84 Å². The Balaban J connectivity index is 2.81. The van der Waals surface area contributed by atoms with Crippen LogP contribution in [-0.2, 0) is 9.84 Å². The van der Waals surface area contributed by atoms with Crippen LogP contribution in [0.4, 0.5) is 0 Å². The van der Waals surface area contributed by atoms with Crippen molar-refractivity contribution in [3.05, 3.63) is 0 Å². The monoisotopic (exact) mass is 289 g/mol. The molecule has 0 saturated heterocycles. The first-order valence-electron chi connectivity index (χ1n) is 7.85. The fourth-order valence-corrected chi connectivity index (χ4v) is 5.84. The predicted molar refractivity (Wildman–Crippen MR) is 82.1 cm³/mol. The molecule has 0 heterocycles. The molecular formula is C15H31NO2S. The van der Waals surface area contributed by atoms with E-state index in [0.717, 1.165) is 25.8 Å². The zero-order valence-electron chi connectivity index (χ0n) is 13.0. The second-order valence-corrected chi connectivity index (χ2v) is 8.66. The van der Waals surface area contributed by atoms with Crippen molar-refractivity contribution in [1.29, 1.82) is 0 Å². The van der Waals surface area contributed by atoms with Crippen molar-refractivity contribution >= 4 is 9.84 Å². The molecule has 1 saturated carbocycles. The van der Waals surface area contributed by atoms with Crippen LogP contribution < -0.4 is 5.32 Å². The van der Waals surface area contributed by atoms with Crippen LogP contribution in [0.1, 0.15) is 59.8 Å². The molecule has 0 spiro atoms. The topological polar surface area (TPSA) is 46.2 Å². The van der Waals surface area contributed by atoms with E-state index in [0.29, 0.717) is 11.7 Å². The van der Waals surface area contributed by atoms with Crippen LogP contribution in [-0.4, -0.2) is 32.0 Å². The Morgan fingerprint density at radius 3 is 2.42 bits per heavy atom. The van der Waals surface area contributed by atoms with Crippen molar-refractivity contribution in [2.45, 2.75) is 71.1 Å². The lowest BCUT2D eigenvalue weighted by molar-refractivity contribution is 0.282. The molecular weight excluding hydrogens is 258 g/mol. The van der Waals surface area contributed by atoms with E-state index in [9.17, 15) is 8.42 Å². The third kappa shape index (κ3) is 5.07. The first kappa shape index (κ1) is 17.0. The summed E-state index contributed by atoms with van der Waals surface area (Å²) < 4.78 is 25.2. The second-order valence-electron chi connectivity index (χ2n) is 6.39. The molecule has 1 N–H and O–H groups in total. The molecule has 1 aliphatic rings. The summed E-state index contributed by atoms with van der Waals surface area (Å²) in [7, 11) is -2.97. The maximum absolute atomic E-state index is 12.6. The maximum Gasteiger partial charge on any atom is 0.154 e. The number of rotatable bonds is 7. The van der Waals surface area contributed by atoms with Crippen molar-refractivity contribution in [3.8, 4) is 0 Å². The Labute approximate surface area is 119 Å². The lowest BCUT2D eigenvalue weighted by Crippen LogP contribution is -2.49. The minimum Gasteiger partial charge on any atom is -0.313 e. The number of hydrogen-bond acceptors (Lipinski definition) is 3. The van der Waals surface area contributed by atoms with E-state index in [4.69, 9.17) is 0 Å². The van der Waals surface area contributed by atoms with E-state index in [1.807, 2.05) is 13.8 Å². The third-order valence-electron chi connectivity index (χ3n) is 4.09. The average molecular weight is 289 g/mol. The van der Waals surface area contributed by atoms with Gasteiger partial charge in [-0.1, -0.05) is 40.5 Å². The Kier molecular flexibility index (Phi) is 6.81. The normalized spacial score (nSPS) is 28.8. The summed E-state index contributed by atoms with van der Waals surface area (Å²) in [5.74, 6) is 1.16. The fraction of sp³-hybridized carbons (Fsp3) is 1.00. The Hall–Kier alpha value is -0.0900. The van der Waals surface area contributed by atoms with Gasteiger partial charge in [0.1, 0.15) is 0 Å². The standard InChI is InChI=1S/C15H31NO2S/c1-5-7-13-8-9-14(16-6-2)15(10-13)19(17,18)11-12(3)4/h12-16H,5-11H2,1-4H3. The van der Waals surface area contributed by atoms with Crippen molar-refractivity contribution in [1.82, 2.24) is 5.32 Å². The number of sulfone groups is 1. The van der Waals surface area contributed by atoms with Crippen LogP contribution in [0.3, 0.4) is 0 Å². The number of nitrogens with one attached hydrogen (secondary N) is 1. The molecule has 0 aromatic heterocycles. The van der Waals surface area contributed by atoms with Gasteiger partial charge in [-0.3, -0.25) is 0 Å². The summed E-state index contributed by atoms with van der Waals surface area (Å²) in [5.41, 5.74) is 0. The summed E-state index contributed by atoms with van der Waals surface area (Å²) in [6.07, 6.45) is 5.39. The third-order valence-corrected chi connectivity index (χ3v) is 6.67. The largest absolute Gasteiger partial charge is 0.313 e. The van der Waals surface area contributed by atoms with Gasteiger partial charge in [0.15, 0.2) is 9.84 Å². The summed E-state index contributed by atoms with van der Waals surface area (Å²) >= 11 is 0. The highest BCUT2D eigenvalue weighted by Crippen LogP contribution is 2.32. The first-order valence-corrected chi connectivity index (χ1v) is 9.57. The molecule has 1 aliphatic carbocycles. The maximum atomic E-state index is 12.6. The van der Waals surface area contributed by atoms with E-state index in [2.05, 4.69) is 19.2 Å². The molecule has 1 rings (SSSR count). The van der Waals surface area contributed by atoms with Gasteiger partial charge in [-0.15, -0.1) is 0 Å². The second kappa shape index (κ2) is 7.63. The van der Waals surface area contributed by atoms with Crippen LogP contribution in [0.5, 0.6) is 0 Å². The average Bonchev–Trinajstić information content (AvgIpc) is 2.30. The molecule has 3 nitrogen and oxygen atoms in total. The van der Waals surface area contributed by atoms with Gasteiger partial charge in [-0.2, -0.15) is 0 Å². The molecule has 19 heavy (non-hydrogen) atoms. The minimum atomic E-state index is -2.97. The Morgan fingerprint density at radius 1 is 1.21 bits per heavy atom. The van der Waals surface area contributed by atoms with Gasteiger partial charge in [0.05, 0.1) is 11.0 Å². The molecule has 3 atom stereocenters. The number of hydrogen-bond donors (Lipinski definition) is 1. The lowest BCUT2D eigenvalue weighted by atomic mass is 9.83. The van der Waals surface area contributed by atoms with Crippen LogP contribution in [0, 0.1) is 11.8 Å². The highest BCUT2D eigenvalue weighted by molar-refractivity contribution is 7.92. The Bertz CT molecular complexity index is 351. The first-order chi connectivity index (χ1) is 8.90. The molecule has 0 aromatic rings. The molecule has 0 bridgehead atoms. The molecule has 4 heteroatoms. The van der Waals surface area contributed by atoms with Crippen LogP contribution in [0.15, 0.2) is 0 Å². The van der Waals surface area contributed by atoms with Crippen molar-refractivity contribution in [2.75, 3.05) is 12.3 Å². The fourth-order valence-electron chi connectivity index (χ4n) is 3.36. The van der Waals surface area contributed by atoms with Crippen molar-refractivity contribution in [3.63, 3.8) is 0 Å². The van der Waals surface area contributed by atoms with Crippen molar-refractivity contribution in [2.24, 2.45) is 11.8 Å². The summed E-state index contributed by atoms with van der Waals surface area (Å²) in [6.45, 7) is 9.09. The zero-order chi connectivity index (χ0) is 14.5. The van der Waals surface area contributed by atoms with Crippen LogP contribution in [0.25, 0.3) is 0 Å². The van der Waals surface area contributed by atoms with Crippen LogP contribution >= 0.6 is 0 Å². The molecule has 1 fully saturated rings. The summed E-state index contributed by atoms with van der Waals surface area (Å²) in [5, 5.41) is 3.23. The van der Waals surface area contributed by atoms with E-state index in [1.165, 1.54) is 12.8 Å². The highest BCUT2D eigenvalue weighted by Gasteiger charge is 2.38. The molecule has 0 radical (unpaired) electrons. The molecule has 0 aliphatic heterocycles. The van der Waals surface area contributed by atoms with Gasteiger partial charge >= 0.3 is 0 Å². The minimum absolute atomic E-state index is 0.167. The Morgan fingerprint density at radius 2 is 1.89 bits per heavy atom. The van der Waals surface area contributed by atoms with E-state index in [1.54, 1.807) is 0 Å². The van der Waals surface area contributed by atoms with Gasteiger partial charge in [-0.05, 0) is 37.6 Å². The summed E-state index contributed by atoms with van der Waals surface area (Å²) in [4.78, 5) is 0. The lowest BCUT2D eigenvalue weighted by Gasteiger charge is -2.36. The zero-order valence-corrected chi connectivity index (χ0v) is 13.8. The molecule has 0 amide bonds. The van der Waals surface area contributed by atoms with Gasteiger partial charge in [0, 0.05) is 6.04 Å². The highest BCUT2D eigenvalue weighted by atomic mass is 32.2. The SMILES string of the molecule is CCCC1CCC(NCC)C(S(=O)(=O)CC(C)C)C1. The van der Waals surface area contributed by atoms with E-state index >= 15 is 0 Å². The van der Waals surface area contributed by atoms with Gasteiger partial charge in [0.25, 0.3) is 0 Å². The van der Waals surface area contributed by atoms with Gasteiger partial charge < -0.3 is 5.32 Å². The smallest absolute Gasteiger partial charge is 0.154 e.